The molecule has 0 radical (unpaired) electrons. The Hall–Kier alpha value is -1.53. The van der Waals surface area contributed by atoms with Gasteiger partial charge in [0.2, 0.25) is 0 Å². The van der Waals surface area contributed by atoms with Gasteiger partial charge in [-0.3, -0.25) is 15.0 Å². The highest BCUT2D eigenvalue weighted by Crippen LogP contribution is 2.24. The molecule has 0 amide bonds. The number of rotatable bonds is 5. The van der Waals surface area contributed by atoms with Crippen LogP contribution in [0.2, 0.25) is 0 Å². The fraction of sp³-hybridized carbons (Fsp3) is 0.571. The van der Waals surface area contributed by atoms with Crippen molar-refractivity contribution in [3.05, 3.63) is 39.7 Å². The molecule has 1 saturated heterocycles. The third-order valence-corrected chi connectivity index (χ3v) is 3.83. The highest BCUT2D eigenvalue weighted by atomic mass is 19.1. The zero-order chi connectivity index (χ0) is 14.5. The number of nitro benzene ring substituents is 1. The first-order chi connectivity index (χ1) is 9.60. The van der Waals surface area contributed by atoms with Crippen LogP contribution in [0.1, 0.15) is 18.4 Å². The van der Waals surface area contributed by atoms with Crippen LogP contribution in [0.5, 0.6) is 0 Å². The first-order valence-electron chi connectivity index (χ1n) is 6.90. The summed E-state index contributed by atoms with van der Waals surface area (Å²) in [7, 11) is 1.95. The largest absolute Gasteiger partial charge is 0.319 e. The molecule has 0 unspecified atom stereocenters. The summed E-state index contributed by atoms with van der Waals surface area (Å²) >= 11 is 0. The molecule has 1 aromatic carbocycles. The molecule has 0 bridgehead atoms. The monoisotopic (exact) mass is 281 g/mol. The molecule has 6 heteroatoms. The lowest BCUT2D eigenvalue weighted by Crippen LogP contribution is -2.36. The van der Waals surface area contributed by atoms with Gasteiger partial charge in [0.25, 0.3) is 5.69 Å². The molecule has 1 heterocycles. The molecule has 1 aliphatic heterocycles. The van der Waals surface area contributed by atoms with E-state index in [1.54, 1.807) is 0 Å². The Morgan fingerprint density at radius 2 is 2.15 bits per heavy atom. The summed E-state index contributed by atoms with van der Waals surface area (Å²) in [6.45, 7) is 3.26. The second-order valence-corrected chi connectivity index (χ2v) is 5.31. The van der Waals surface area contributed by atoms with Crippen LogP contribution >= 0.6 is 0 Å². The fourth-order valence-corrected chi connectivity index (χ4v) is 2.74. The van der Waals surface area contributed by atoms with Crippen LogP contribution in [-0.4, -0.2) is 36.5 Å². The van der Waals surface area contributed by atoms with Gasteiger partial charge in [0.05, 0.1) is 4.92 Å². The van der Waals surface area contributed by atoms with E-state index >= 15 is 0 Å². The molecule has 0 spiro atoms. The molecular weight excluding hydrogens is 261 g/mol. The summed E-state index contributed by atoms with van der Waals surface area (Å²) < 4.78 is 13.3. The van der Waals surface area contributed by atoms with Gasteiger partial charge in [-0.15, -0.1) is 0 Å². The number of hydrogen-bond donors (Lipinski definition) is 1. The third-order valence-electron chi connectivity index (χ3n) is 3.83. The van der Waals surface area contributed by atoms with E-state index in [9.17, 15) is 14.5 Å². The van der Waals surface area contributed by atoms with E-state index in [2.05, 4.69) is 10.2 Å². The average molecular weight is 281 g/mol. The molecule has 110 valence electrons. The van der Waals surface area contributed by atoms with Gasteiger partial charge in [-0.1, -0.05) is 0 Å². The number of hydrogen-bond acceptors (Lipinski definition) is 4. The zero-order valence-corrected chi connectivity index (χ0v) is 11.6. The van der Waals surface area contributed by atoms with Crippen molar-refractivity contribution in [2.45, 2.75) is 19.4 Å². The van der Waals surface area contributed by atoms with Gasteiger partial charge in [0.1, 0.15) is 5.82 Å². The van der Waals surface area contributed by atoms with E-state index in [0.29, 0.717) is 18.0 Å². The van der Waals surface area contributed by atoms with E-state index in [1.165, 1.54) is 12.1 Å². The number of likely N-dealkylation sites (tertiary alicyclic amines) is 1. The molecule has 1 fully saturated rings. The van der Waals surface area contributed by atoms with Crippen molar-refractivity contribution in [1.29, 1.82) is 0 Å². The maximum absolute atomic E-state index is 13.3. The lowest BCUT2D eigenvalue weighted by Gasteiger charge is -2.31. The Balaban J connectivity index is 2.00. The molecule has 2 rings (SSSR count). The summed E-state index contributed by atoms with van der Waals surface area (Å²) in [6.07, 6.45) is 2.15. The first-order valence-corrected chi connectivity index (χ1v) is 6.90. The van der Waals surface area contributed by atoms with Crippen molar-refractivity contribution in [2.75, 3.05) is 26.7 Å². The lowest BCUT2D eigenvalue weighted by atomic mass is 9.96. The summed E-state index contributed by atoms with van der Waals surface area (Å²) in [6, 6.07) is 3.66. The number of nitrogens with one attached hydrogen (secondary N) is 1. The molecule has 1 aromatic rings. The van der Waals surface area contributed by atoms with Crippen LogP contribution in [-0.2, 0) is 6.54 Å². The van der Waals surface area contributed by atoms with Crippen molar-refractivity contribution in [3.8, 4) is 0 Å². The molecule has 1 N–H and O–H groups in total. The Kier molecular flexibility index (Phi) is 5.03. The molecular formula is C14H20FN3O2. The highest BCUT2D eigenvalue weighted by Gasteiger charge is 2.22. The number of piperidine rings is 1. The van der Waals surface area contributed by atoms with Crippen LogP contribution in [0.25, 0.3) is 0 Å². The zero-order valence-electron chi connectivity index (χ0n) is 11.6. The number of nitrogens with zero attached hydrogens (tertiary/aromatic N) is 2. The summed E-state index contributed by atoms with van der Waals surface area (Å²) in [5.41, 5.74) is 0.464. The lowest BCUT2D eigenvalue weighted by molar-refractivity contribution is -0.385. The Labute approximate surface area is 117 Å². The van der Waals surface area contributed by atoms with E-state index in [0.717, 1.165) is 38.5 Å². The van der Waals surface area contributed by atoms with Gasteiger partial charge in [0.15, 0.2) is 0 Å². The smallest absolute Gasteiger partial charge is 0.274 e. The molecule has 0 aliphatic carbocycles. The fourth-order valence-electron chi connectivity index (χ4n) is 2.74. The second kappa shape index (κ2) is 6.76. The predicted octanol–water partition coefficient (Wildman–Crippen LogP) is 2.17. The summed E-state index contributed by atoms with van der Waals surface area (Å²) in [4.78, 5) is 12.7. The van der Waals surface area contributed by atoms with Crippen LogP contribution in [0.4, 0.5) is 10.1 Å². The van der Waals surface area contributed by atoms with Gasteiger partial charge in [-0.2, -0.15) is 0 Å². The minimum Gasteiger partial charge on any atom is -0.319 e. The molecule has 0 aromatic heterocycles. The topological polar surface area (TPSA) is 58.4 Å². The Bertz CT molecular complexity index is 473. The normalized spacial score (nSPS) is 17.3. The molecule has 1 aliphatic rings. The Morgan fingerprint density at radius 1 is 1.45 bits per heavy atom. The van der Waals surface area contributed by atoms with Crippen molar-refractivity contribution in [1.82, 2.24) is 10.2 Å². The van der Waals surface area contributed by atoms with Gasteiger partial charge in [-0.05, 0) is 57.6 Å². The van der Waals surface area contributed by atoms with E-state index in [4.69, 9.17) is 0 Å². The number of benzene rings is 1. The highest BCUT2D eigenvalue weighted by molar-refractivity contribution is 5.40. The van der Waals surface area contributed by atoms with Crippen LogP contribution in [0.15, 0.2) is 18.2 Å². The maximum Gasteiger partial charge on any atom is 0.274 e. The van der Waals surface area contributed by atoms with Gasteiger partial charge >= 0.3 is 0 Å². The SMILES string of the molecule is CNCC1CCN(Cc2cc(F)ccc2[N+](=O)[O-])CC1. The van der Waals surface area contributed by atoms with Crippen molar-refractivity contribution in [2.24, 2.45) is 5.92 Å². The molecule has 5 nitrogen and oxygen atoms in total. The standard InChI is InChI=1S/C14H20FN3O2/c1-16-9-11-4-6-17(7-5-11)10-12-8-13(15)2-3-14(12)18(19)20/h2-3,8,11,16H,4-7,9-10H2,1H3. The van der Waals surface area contributed by atoms with Crippen molar-refractivity contribution < 1.29 is 9.31 Å². The molecule has 20 heavy (non-hydrogen) atoms. The molecule has 0 atom stereocenters. The van der Waals surface area contributed by atoms with E-state index < -0.39 is 10.7 Å². The van der Waals surface area contributed by atoms with Crippen molar-refractivity contribution >= 4 is 5.69 Å². The van der Waals surface area contributed by atoms with Gasteiger partial charge in [-0.25, -0.2) is 4.39 Å². The van der Waals surface area contributed by atoms with Crippen LogP contribution in [0, 0.1) is 21.8 Å². The molecule has 0 saturated carbocycles. The Morgan fingerprint density at radius 3 is 2.75 bits per heavy atom. The summed E-state index contributed by atoms with van der Waals surface area (Å²) in [5.74, 6) is 0.245. The second-order valence-electron chi connectivity index (χ2n) is 5.31. The van der Waals surface area contributed by atoms with Crippen LogP contribution in [0.3, 0.4) is 0 Å². The number of nitro groups is 1. The maximum atomic E-state index is 13.3. The third kappa shape index (κ3) is 3.74. The first kappa shape index (κ1) is 14.9. The van der Waals surface area contributed by atoms with Gasteiger partial charge in [0, 0.05) is 18.2 Å². The quantitative estimate of drug-likeness (QED) is 0.664. The van der Waals surface area contributed by atoms with Crippen LogP contribution < -0.4 is 5.32 Å². The number of halogens is 1. The summed E-state index contributed by atoms with van der Waals surface area (Å²) in [5, 5.41) is 14.1. The van der Waals surface area contributed by atoms with E-state index in [-0.39, 0.29) is 5.69 Å². The van der Waals surface area contributed by atoms with Gasteiger partial charge < -0.3 is 5.32 Å². The average Bonchev–Trinajstić information content (AvgIpc) is 2.41. The van der Waals surface area contributed by atoms with Crippen molar-refractivity contribution in [3.63, 3.8) is 0 Å². The predicted molar refractivity (Wildman–Crippen MR) is 75.0 cm³/mol. The van der Waals surface area contributed by atoms with E-state index in [1.807, 2.05) is 7.05 Å². The minimum absolute atomic E-state index is 0.00347. The minimum atomic E-state index is -0.442.